The molecule has 0 spiro atoms. The number of nitrogens with one attached hydrogen (secondary N) is 1. The van der Waals surface area contributed by atoms with Gasteiger partial charge in [-0.15, -0.1) is 0 Å². The number of para-hydroxylation sites is 1. The fourth-order valence-electron chi connectivity index (χ4n) is 3.49. The van der Waals surface area contributed by atoms with Gasteiger partial charge in [-0.1, -0.05) is 18.2 Å². The van der Waals surface area contributed by atoms with Crippen LogP contribution in [0.5, 0.6) is 0 Å². The second kappa shape index (κ2) is 3.58. The van der Waals surface area contributed by atoms with Crippen molar-refractivity contribution < 1.29 is 8.81 Å². The Hall–Kier alpha value is -1.35. The molecule has 1 aromatic carbocycles. The molecule has 2 aliphatic rings. The van der Waals surface area contributed by atoms with Gasteiger partial charge in [0.2, 0.25) is 0 Å². The smallest absolute Gasteiger partial charge is 0.171 e. The summed E-state index contributed by atoms with van der Waals surface area (Å²) >= 11 is 0. The van der Waals surface area contributed by atoms with E-state index in [1.165, 1.54) is 0 Å². The van der Waals surface area contributed by atoms with Gasteiger partial charge < -0.3 is 9.73 Å². The summed E-state index contributed by atoms with van der Waals surface area (Å²) in [6.45, 7) is 0. The highest BCUT2D eigenvalue weighted by Gasteiger charge is 2.47. The van der Waals surface area contributed by atoms with E-state index < -0.39 is 5.67 Å². The Morgan fingerprint density at radius 2 is 1.89 bits per heavy atom. The molecule has 2 unspecified atom stereocenters. The first-order chi connectivity index (χ1) is 8.73. The lowest BCUT2D eigenvalue weighted by Crippen LogP contribution is -2.44. The van der Waals surface area contributed by atoms with Crippen LogP contribution in [0, 0.1) is 0 Å². The standard InChI is InChI=1S/C15H16FNO/c16-15(8-11-5-6-12(9-15)17-11)14-7-10-3-1-2-4-13(10)18-14/h1-4,7,11-12,17H,5-6,8-9H2. The van der Waals surface area contributed by atoms with Crippen molar-refractivity contribution in [3.63, 3.8) is 0 Å². The SMILES string of the molecule is FC1(c2cc3ccccc3o2)CC2CCC(C1)N2. The molecule has 2 nitrogen and oxygen atoms in total. The number of hydrogen-bond donors (Lipinski definition) is 1. The minimum Gasteiger partial charge on any atom is -0.458 e. The molecule has 0 radical (unpaired) electrons. The molecule has 94 valence electrons. The quantitative estimate of drug-likeness (QED) is 0.831. The van der Waals surface area contributed by atoms with E-state index >= 15 is 4.39 Å². The number of furan rings is 1. The van der Waals surface area contributed by atoms with Crippen molar-refractivity contribution in [2.24, 2.45) is 0 Å². The van der Waals surface area contributed by atoms with Gasteiger partial charge >= 0.3 is 0 Å². The highest BCUT2D eigenvalue weighted by molar-refractivity contribution is 5.77. The Morgan fingerprint density at radius 3 is 2.61 bits per heavy atom. The first-order valence-corrected chi connectivity index (χ1v) is 6.67. The number of rotatable bonds is 1. The molecule has 0 aliphatic carbocycles. The highest BCUT2D eigenvalue weighted by atomic mass is 19.1. The number of halogens is 1. The number of piperidine rings is 1. The van der Waals surface area contributed by atoms with Crippen molar-refractivity contribution in [2.45, 2.75) is 43.4 Å². The number of alkyl halides is 1. The molecule has 4 rings (SSSR count). The van der Waals surface area contributed by atoms with E-state index in [9.17, 15) is 0 Å². The molecule has 1 N–H and O–H groups in total. The topological polar surface area (TPSA) is 25.2 Å². The molecular formula is C15H16FNO. The summed E-state index contributed by atoms with van der Waals surface area (Å²) in [5, 5.41) is 4.46. The van der Waals surface area contributed by atoms with Crippen molar-refractivity contribution in [3.05, 3.63) is 36.1 Å². The summed E-state index contributed by atoms with van der Waals surface area (Å²) < 4.78 is 20.9. The van der Waals surface area contributed by atoms with Gasteiger partial charge in [0.1, 0.15) is 11.3 Å². The molecule has 2 bridgehead atoms. The van der Waals surface area contributed by atoms with Crippen molar-refractivity contribution >= 4 is 11.0 Å². The van der Waals surface area contributed by atoms with Gasteiger partial charge in [-0.05, 0) is 25.0 Å². The van der Waals surface area contributed by atoms with Gasteiger partial charge in [0.05, 0.1) is 0 Å². The van der Waals surface area contributed by atoms with Crippen LogP contribution in [0.4, 0.5) is 4.39 Å². The lowest BCUT2D eigenvalue weighted by Gasteiger charge is -2.33. The minimum atomic E-state index is -1.28. The third-order valence-corrected chi connectivity index (χ3v) is 4.34. The maximum absolute atomic E-state index is 15.2. The lowest BCUT2D eigenvalue weighted by molar-refractivity contribution is 0.0645. The Bertz CT molecular complexity index is 546. The van der Waals surface area contributed by atoms with Crippen LogP contribution in [-0.4, -0.2) is 12.1 Å². The first-order valence-electron chi connectivity index (χ1n) is 6.67. The van der Waals surface area contributed by atoms with Gasteiger partial charge in [-0.2, -0.15) is 0 Å². The summed E-state index contributed by atoms with van der Waals surface area (Å²) in [6, 6.07) is 10.3. The van der Waals surface area contributed by atoms with E-state index in [1.54, 1.807) is 0 Å². The molecule has 2 atom stereocenters. The van der Waals surface area contributed by atoms with Crippen LogP contribution in [0.15, 0.2) is 34.7 Å². The Kier molecular flexibility index (Phi) is 2.10. The molecule has 2 aromatic rings. The summed E-state index contributed by atoms with van der Waals surface area (Å²) in [4.78, 5) is 0. The summed E-state index contributed by atoms with van der Waals surface area (Å²) in [5.41, 5.74) is -0.494. The van der Waals surface area contributed by atoms with Gasteiger partial charge in [-0.25, -0.2) is 4.39 Å². The Balaban J connectivity index is 1.77. The zero-order valence-corrected chi connectivity index (χ0v) is 10.2. The third-order valence-electron chi connectivity index (χ3n) is 4.34. The molecule has 0 saturated carbocycles. The fraction of sp³-hybridized carbons (Fsp3) is 0.467. The zero-order valence-electron chi connectivity index (χ0n) is 10.2. The molecule has 2 fully saturated rings. The zero-order chi connectivity index (χ0) is 12.2. The molecular weight excluding hydrogens is 229 g/mol. The average Bonchev–Trinajstić information content (AvgIpc) is 2.93. The third kappa shape index (κ3) is 1.50. The van der Waals surface area contributed by atoms with Crippen LogP contribution in [0.2, 0.25) is 0 Å². The largest absolute Gasteiger partial charge is 0.458 e. The van der Waals surface area contributed by atoms with Crippen LogP contribution in [0.25, 0.3) is 11.0 Å². The van der Waals surface area contributed by atoms with Crippen molar-refractivity contribution in [2.75, 3.05) is 0 Å². The van der Waals surface area contributed by atoms with E-state index in [0.717, 1.165) is 23.8 Å². The molecule has 1 aromatic heterocycles. The van der Waals surface area contributed by atoms with E-state index in [-0.39, 0.29) is 0 Å². The van der Waals surface area contributed by atoms with Gasteiger partial charge in [0.15, 0.2) is 5.67 Å². The molecule has 2 aliphatic heterocycles. The fourth-order valence-corrected chi connectivity index (χ4v) is 3.49. The molecule has 3 heteroatoms. The second-order valence-corrected chi connectivity index (χ2v) is 5.66. The van der Waals surface area contributed by atoms with Crippen LogP contribution < -0.4 is 5.32 Å². The predicted octanol–water partition coefficient (Wildman–Crippen LogP) is 3.51. The highest BCUT2D eigenvalue weighted by Crippen LogP contribution is 2.45. The first kappa shape index (κ1) is 10.6. The summed E-state index contributed by atoms with van der Waals surface area (Å²) in [5.74, 6) is 0.516. The van der Waals surface area contributed by atoms with Crippen LogP contribution in [-0.2, 0) is 5.67 Å². The van der Waals surface area contributed by atoms with Crippen molar-refractivity contribution in [3.8, 4) is 0 Å². The van der Waals surface area contributed by atoms with Gasteiger partial charge in [0.25, 0.3) is 0 Å². The molecule has 18 heavy (non-hydrogen) atoms. The lowest BCUT2D eigenvalue weighted by atomic mass is 9.87. The second-order valence-electron chi connectivity index (χ2n) is 5.66. The van der Waals surface area contributed by atoms with Crippen molar-refractivity contribution in [1.29, 1.82) is 0 Å². The maximum atomic E-state index is 15.2. The van der Waals surface area contributed by atoms with E-state index in [4.69, 9.17) is 4.42 Å². The molecule has 0 amide bonds. The molecule has 3 heterocycles. The minimum absolute atomic E-state index is 0.321. The summed E-state index contributed by atoms with van der Waals surface area (Å²) in [7, 11) is 0. The van der Waals surface area contributed by atoms with E-state index in [2.05, 4.69) is 5.32 Å². The maximum Gasteiger partial charge on any atom is 0.171 e. The van der Waals surface area contributed by atoms with Crippen LogP contribution in [0.1, 0.15) is 31.4 Å². The summed E-state index contributed by atoms with van der Waals surface area (Å²) in [6.07, 6.45) is 3.28. The van der Waals surface area contributed by atoms with Crippen LogP contribution in [0.3, 0.4) is 0 Å². The van der Waals surface area contributed by atoms with Crippen LogP contribution >= 0.6 is 0 Å². The Morgan fingerprint density at radius 1 is 1.17 bits per heavy atom. The van der Waals surface area contributed by atoms with Gasteiger partial charge in [0, 0.05) is 30.3 Å². The number of benzene rings is 1. The number of hydrogen-bond acceptors (Lipinski definition) is 2. The predicted molar refractivity (Wildman–Crippen MR) is 68.2 cm³/mol. The van der Waals surface area contributed by atoms with E-state index in [1.807, 2.05) is 30.3 Å². The normalized spacial score (nSPS) is 35.2. The van der Waals surface area contributed by atoms with Crippen molar-refractivity contribution in [1.82, 2.24) is 5.32 Å². The molecule has 2 saturated heterocycles. The Labute approximate surface area is 105 Å². The number of fused-ring (bicyclic) bond motifs is 3. The average molecular weight is 245 g/mol. The monoisotopic (exact) mass is 245 g/mol. The van der Waals surface area contributed by atoms with E-state index in [0.29, 0.717) is 30.7 Å². The van der Waals surface area contributed by atoms with Gasteiger partial charge in [-0.3, -0.25) is 0 Å².